The number of hydrogen-bond acceptors (Lipinski definition) is 3. The van der Waals surface area contributed by atoms with Gasteiger partial charge in [0.1, 0.15) is 5.56 Å². The predicted molar refractivity (Wildman–Crippen MR) is 63.1 cm³/mol. The Balaban J connectivity index is 2.94. The van der Waals surface area contributed by atoms with Gasteiger partial charge in [-0.1, -0.05) is 23.2 Å². The molecule has 2 rings (SSSR count). The van der Waals surface area contributed by atoms with Gasteiger partial charge < -0.3 is 10.8 Å². The van der Waals surface area contributed by atoms with E-state index in [1.807, 2.05) is 0 Å². The van der Waals surface area contributed by atoms with E-state index in [-0.39, 0.29) is 21.8 Å². The Morgan fingerprint density at radius 1 is 1.38 bits per heavy atom. The minimum atomic E-state index is -1.17. The maximum absolute atomic E-state index is 11.1. The summed E-state index contributed by atoms with van der Waals surface area (Å²) in [6.07, 6.45) is 1.36. The molecule has 0 atom stereocenters. The molecule has 6 heteroatoms. The van der Waals surface area contributed by atoms with E-state index in [0.29, 0.717) is 10.4 Å². The molecular weight excluding hydrogens is 251 g/mol. The number of hydrogen-bond donors (Lipinski definition) is 2. The van der Waals surface area contributed by atoms with Crippen LogP contribution in [0, 0.1) is 0 Å². The molecule has 0 fully saturated rings. The third-order valence-corrected chi connectivity index (χ3v) is 2.73. The molecular formula is C10H6Cl2N2O2. The van der Waals surface area contributed by atoms with E-state index in [4.69, 9.17) is 34.0 Å². The molecule has 3 N–H and O–H groups in total. The highest BCUT2D eigenvalue weighted by atomic mass is 35.5. The normalized spacial score (nSPS) is 10.6. The van der Waals surface area contributed by atoms with Crippen LogP contribution in [0.2, 0.25) is 10.0 Å². The van der Waals surface area contributed by atoms with Gasteiger partial charge >= 0.3 is 5.97 Å². The number of carboxylic acids is 1. The van der Waals surface area contributed by atoms with Crippen LogP contribution in [0.5, 0.6) is 0 Å². The van der Waals surface area contributed by atoms with Crippen LogP contribution in [0.3, 0.4) is 0 Å². The Kier molecular flexibility index (Phi) is 2.61. The average Bonchev–Trinajstić information content (AvgIpc) is 2.19. The lowest BCUT2D eigenvalue weighted by Gasteiger charge is -2.07. The van der Waals surface area contributed by atoms with Gasteiger partial charge in [-0.3, -0.25) is 4.98 Å². The monoisotopic (exact) mass is 256 g/mol. The smallest absolute Gasteiger partial charge is 0.339 e. The number of benzene rings is 1. The summed E-state index contributed by atoms with van der Waals surface area (Å²) in [6, 6.07) is 3.13. The Morgan fingerprint density at radius 2 is 2.06 bits per heavy atom. The van der Waals surface area contributed by atoms with Gasteiger partial charge in [-0.15, -0.1) is 0 Å². The summed E-state index contributed by atoms with van der Waals surface area (Å²) in [5.41, 5.74) is 5.97. The fraction of sp³-hybridized carbons (Fsp3) is 0. The number of halogens is 2. The van der Waals surface area contributed by atoms with Gasteiger partial charge in [0.15, 0.2) is 0 Å². The third-order valence-electron chi connectivity index (χ3n) is 2.12. The van der Waals surface area contributed by atoms with E-state index >= 15 is 0 Å². The Hall–Kier alpha value is -1.52. The molecule has 0 radical (unpaired) electrons. The molecule has 0 saturated heterocycles. The van der Waals surface area contributed by atoms with Crippen molar-refractivity contribution in [2.45, 2.75) is 0 Å². The van der Waals surface area contributed by atoms with Crippen LogP contribution in [0.15, 0.2) is 18.3 Å². The number of pyridine rings is 1. The first kappa shape index (κ1) is 11.0. The van der Waals surface area contributed by atoms with Gasteiger partial charge in [0.25, 0.3) is 0 Å². The van der Waals surface area contributed by atoms with Crippen LogP contribution >= 0.6 is 23.2 Å². The number of fused-ring (bicyclic) bond motifs is 1. The minimum Gasteiger partial charge on any atom is -0.478 e. The fourth-order valence-corrected chi connectivity index (χ4v) is 1.84. The fourth-order valence-electron chi connectivity index (χ4n) is 1.45. The summed E-state index contributed by atoms with van der Waals surface area (Å²) >= 11 is 11.6. The van der Waals surface area contributed by atoms with Gasteiger partial charge in [-0.2, -0.15) is 0 Å². The molecule has 1 heterocycles. The molecule has 0 aliphatic heterocycles. The number of aromatic carboxylic acids is 1. The second-order valence-electron chi connectivity index (χ2n) is 3.19. The molecule has 4 nitrogen and oxygen atoms in total. The van der Waals surface area contributed by atoms with E-state index in [1.165, 1.54) is 6.20 Å². The highest BCUT2D eigenvalue weighted by Crippen LogP contribution is 2.31. The Labute approximate surface area is 101 Å². The standard InChI is InChI=1S/C10H6Cl2N2O2/c11-5-1-4-2-6(13)8(12)7(10(15)16)9(4)14-3-5/h1-3H,13H2,(H,15,16). The highest BCUT2D eigenvalue weighted by molar-refractivity contribution is 6.38. The van der Waals surface area contributed by atoms with Crippen molar-refractivity contribution in [3.05, 3.63) is 33.9 Å². The number of anilines is 1. The number of carbonyl (C=O) groups is 1. The minimum absolute atomic E-state index is 0.00479. The molecule has 16 heavy (non-hydrogen) atoms. The van der Waals surface area contributed by atoms with Crippen molar-refractivity contribution in [3.8, 4) is 0 Å². The molecule has 1 aromatic heterocycles. The van der Waals surface area contributed by atoms with Crippen molar-refractivity contribution in [1.29, 1.82) is 0 Å². The molecule has 0 spiro atoms. The molecule has 0 bridgehead atoms. The third kappa shape index (κ3) is 1.66. The number of nitrogen functional groups attached to an aromatic ring is 1. The molecule has 0 aliphatic carbocycles. The summed E-state index contributed by atoms with van der Waals surface area (Å²) in [6.45, 7) is 0. The summed E-state index contributed by atoms with van der Waals surface area (Å²) in [5.74, 6) is -1.17. The summed E-state index contributed by atoms with van der Waals surface area (Å²) in [5, 5.41) is 10.00. The first-order valence-electron chi connectivity index (χ1n) is 4.27. The summed E-state index contributed by atoms with van der Waals surface area (Å²) in [4.78, 5) is 15.0. The van der Waals surface area contributed by atoms with Crippen LogP contribution < -0.4 is 5.73 Å². The topological polar surface area (TPSA) is 76.2 Å². The molecule has 82 valence electrons. The first-order valence-corrected chi connectivity index (χ1v) is 5.03. The maximum atomic E-state index is 11.1. The van der Waals surface area contributed by atoms with Crippen LogP contribution in [-0.4, -0.2) is 16.1 Å². The van der Waals surface area contributed by atoms with Crippen LogP contribution in [-0.2, 0) is 0 Å². The highest BCUT2D eigenvalue weighted by Gasteiger charge is 2.17. The van der Waals surface area contributed by atoms with E-state index in [9.17, 15) is 4.79 Å². The SMILES string of the molecule is Nc1cc2cc(Cl)cnc2c(C(=O)O)c1Cl. The summed E-state index contributed by atoms with van der Waals surface area (Å²) < 4.78 is 0. The van der Waals surface area contributed by atoms with Crippen molar-refractivity contribution in [3.63, 3.8) is 0 Å². The molecule has 0 amide bonds. The Bertz CT molecular complexity index is 599. The van der Waals surface area contributed by atoms with Gasteiger partial charge in [-0.25, -0.2) is 4.79 Å². The van der Waals surface area contributed by atoms with Crippen molar-refractivity contribution in [2.24, 2.45) is 0 Å². The summed E-state index contributed by atoms with van der Waals surface area (Å²) in [7, 11) is 0. The number of nitrogens with zero attached hydrogens (tertiary/aromatic N) is 1. The zero-order valence-corrected chi connectivity index (χ0v) is 9.38. The molecule has 2 aromatic rings. The predicted octanol–water partition coefficient (Wildman–Crippen LogP) is 2.82. The maximum Gasteiger partial charge on any atom is 0.339 e. The van der Waals surface area contributed by atoms with Crippen molar-refractivity contribution >= 4 is 45.8 Å². The average molecular weight is 257 g/mol. The second kappa shape index (κ2) is 3.81. The lowest BCUT2D eigenvalue weighted by atomic mass is 10.1. The van der Waals surface area contributed by atoms with Crippen molar-refractivity contribution in [2.75, 3.05) is 5.73 Å². The molecule has 1 aromatic carbocycles. The van der Waals surface area contributed by atoms with Gasteiger partial charge in [0, 0.05) is 11.6 Å². The molecule has 0 unspecified atom stereocenters. The van der Waals surface area contributed by atoms with Crippen molar-refractivity contribution < 1.29 is 9.90 Å². The van der Waals surface area contributed by atoms with Crippen molar-refractivity contribution in [1.82, 2.24) is 4.98 Å². The Morgan fingerprint density at radius 3 is 2.69 bits per heavy atom. The number of aromatic nitrogens is 1. The first-order chi connectivity index (χ1) is 7.50. The molecule has 0 saturated carbocycles. The lowest BCUT2D eigenvalue weighted by molar-refractivity contribution is 0.0699. The second-order valence-corrected chi connectivity index (χ2v) is 4.00. The largest absolute Gasteiger partial charge is 0.478 e. The quantitative estimate of drug-likeness (QED) is 0.770. The zero-order chi connectivity index (χ0) is 11.9. The van der Waals surface area contributed by atoms with E-state index < -0.39 is 5.97 Å². The van der Waals surface area contributed by atoms with Crippen LogP contribution in [0.4, 0.5) is 5.69 Å². The van der Waals surface area contributed by atoms with E-state index in [0.717, 1.165) is 0 Å². The van der Waals surface area contributed by atoms with Gasteiger partial charge in [0.05, 0.1) is 21.2 Å². The number of nitrogens with two attached hydrogens (primary N) is 1. The zero-order valence-electron chi connectivity index (χ0n) is 7.87. The van der Waals surface area contributed by atoms with Gasteiger partial charge in [0.2, 0.25) is 0 Å². The van der Waals surface area contributed by atoms with Gasteiger partial charge in [-0.05, 0) is 12.1 Å². The van der Waals surface area contributed by atoms with Crippen LogP contribution in [0.25, 0.3) is 10.9 Å². The van der Waals surface area contributed by atoms with E-state index in [1.54, 1.807) is 12.1 Å². The molecule has 0 aliphatic rings. The van der Waals surface area contributed by atoms with E-state index in [2.05, 4.69) is 4.98 Å². The number of carboxylic acid groups (broad SMARTS) is 1. The lowest BCUT2D eigenvalue weighted by Crippen LogP contribution is -2.03. The van der Waals surface area contributed by atoms with Crippen LogP contribution in [0.1, 0.15) is 10.4 Å². The number of rotatable bonds is 1.